The van der Waals surface area contributed by atoms with Crippen LogP contribution >= 0.6 is 0 Å². The molecule has 2 aliphatic rings. The van der Waals surface area contributed by atoms with Gasteiger partial charge in [0.25, 0.3) is 0 Å². The highest BCUT2D eigenvalue weighted by Crippen LogP contribution is 2.44. The number of carbonyl (C=O) groups is 2. The van der Waals surface area contributed by atoms with Gasteiger partial charge in [0, 0.05) is 11.8 Å². The molecule has 2 saturated carbocycles. The van der Waals surface area contributed by atoms with Crippen molar-refractivity contribution in [2.75, 3.05) is 0 Å². The molecule has 3 heteroatoms. The van der Waals surface area contributed by atoms with E-state index in [2.05, 4.69) is 0 Å². The van der Waals surface area contributed by atoms with Gasteiger partial charge in [-0.05, 0) is 36.8 Å². The Hall–Kier alpha value is -1.38. The van der Waals surface area contributed by atoms with Crippen LogP contribution in [0.15, 0.2) is 18.2 Å². The predicted octanol–water partition coefficient (Wildman–Crippen LogP) is 1.69. The van der Waals surface area contributed by atoms with Crippen molar-refractivity contribution < 1.29 is 9.59 Å². The molecule has 2 radical (unpaired) electrons. The van der Waals surface area contributed by atoms with Crippen LogP contribution in [0.4, 0.5) is 0 Å². The third kappa shape index (κ3) is 1.96. The minimum Gasteiger partial charge on any atom is -0.298 e. The zero-order chi connectivity index (χ0) is 13.6. The van der Waals surface area contributed by atoms with E-state index in [1.165, 1.54) is 0 Å². The highest BCUT2D eigenvalue weighted by Gasteiger charge is 2.47. The van der Waals surface area contributed by atoms with Crippen LogP contribution in [0.1, 0.15) is 43.2 Å². The Morgan fingerprint density at radius 1 is 1.16 bits per heavy atom. The van der Waals surface area contributed by atoms with Crippen LogP contribution in [0.5, 0.6) is 0 Å². The van der Waals surface area contributed by atoms with Gasteiger partial charge in [-0.3, -0.25) is 9.59 Å². The molecule has 2 fully saturated rings. The summed E-state index contributed by atoms with van der Waals surface area (Å²) in [4.78, 5) is 25.0. The molecular weight excluding hydrogens is 235 g/mol. The van der Waals surface area contributed by atoms with Crippen LogP contribution in [0, 0.1) is 11.8 Å². The second-order valence-electron chi connectivity index (χ2n) is 5.76. The molecule has 0 amide bonds. The lowest BCUT2D eigenvalue weighted by atomic mass is 9.73. The van der Waals surface area contributed by atoms with Crippen LogP contribution < -0.4 is 5.46 Å². The number of rotatable bonds is 2. The average Bonchev–Trinajstić information content (AvgIpc) is 2.84. The fourth-order valence-electron chi connectivity index (χ4n) is 3.62. The number of fused-ring (bicyclic) bond motifs is 2. The van der Waals surface area contributed by atoms with Gasteiger partial charge in [-0.1, -0.05) is 30.6 Å². The molecule has 0 spiro atoms. The molecule has 0 heterocycles. The summed E-state index contributed by atoms with van der Waals surface area (Å²) < 4.78 is 0. The summed E-state index contributed by atoms with van der Waals surface area (Å²) in [5, 5.41) is 0. The van der Waals surface area contributed by atoms with E-state index in [0.717, 1.165) is 36.8 Å². The van der Waals surface area contributed by atoms with E-state index in [0.29, 0.717) is 5.46 Å². The molecule has 2 atom stereocenters. The van der Waals surface area contributed by atoms with Crippen LogP contribution in [0.2, 0.25) is 0 Å². The van der Waals surface area contributed by atoms with Crippen LogP contribution in [0.3, 0.4) is 0 Å². The van der Waals surface area contributed by atoms with Crippen molar-refractivity contribution in [1.29, 1.82) is 0 Å². The molecule has 2 aliphatic carbocycles. The van der Waals surface area contributed by atoms with E-state index in [-0.39, 0.29) is 23.4 Å². The van der Waals surface area contributed by atoms with E-state index in [4.69, 9.17) is 7.85 Å². The number of Topliss-reactive ketones (excluding diaryl/α,β-unsaturated/α-hetero) is 2. The molecule has 2 bridgehead atoms. The standard InChI is InChI=1S/C16H17BO2/c1-2-9-5-6-12(17)8-13(9)14-15(18)10-3-4-11(7-10)16(14)19/h5-6,8,10-11,14H,2-4,7H2,1H3. The quantitative estimate of drug-likeness (QED) is 0.593. The SMILES string of the molecule is [B]c1ccc(CC)c(C2C(=O)C3CCC(C3)C2=O)c1. The third-order valence-corrected chi connectivity index (χ3v) is 4.67. The van der Waals surface area contributed by atoms with Crippen molar-refractivity contribution in [3.05, 3.63) is 29.3 Å². The fourth-order valence-corrected chi connectivity index (χ4v) is 3.62. The predicted molar refractivity (Wildman–Crippen MR) is 74.8 cm³/mol. The second-order valence-corrected chi connectivity index (χ2v) is 5.76. The second kappa shape index (κ2) is 4.62. The van der Waals surface area contributed by atoms with Gasteiger partial charge in [0.05, 0.1) is 0 Å². The summed E-state index contributed by atoms with van der Waals surface area (Å²) in [7, 11) is 5.84. The number of hydrogen-bond acceptors (Lipinski definition) is 2. The largest absolute Gasteiger partial charge is 0.298 e. The fraction of sp³-hybridized carbons (Fsp3) is 0.500. The molecule has 0 aliphatic heterocycles. The average molecular weight is 252 g/mol. The molecule has 0 aromatic heterocycles. The van der Waals surface area contributed by atoms with E-state index >= 15 is 0 Å². The van der Waals surface area contributed by atoms with E-state index in [9.17, 15) is 9.59 Å². The zero-order valence-electron chi connectivity index (χ0n) is 11.2. The topological polar surface area (TPSA) is 34.1 Å². The summed E-state index contributed by atoms with van der Waals surface area (Å²) in [6.07, 6.45) is 3.37. The van der Waals surface area contributed by atoms with Crippen LogP contribution in [-0.4, -0.2) is 19.4 Å². The van der Waals surface area contributed by atoms with Gasteiger partial charge in [-0.15, -0.1) is 0 Å². The number of ketones is 2. The molecule has 1 aromatic carbocycles. The first kappa shape index (κ1) is 12.6. The maximum atomic E-state index is 12.5. The molecule has 19 heavy (non-hydrogen) atoms. The van der Waals surface area contributed by atoms with E-state index < -0.39 is 5.92 Å². The highest BCUT2D eigenvalue weighted by molar-refractivity contribution is 6.32. The Balaban J connectivity index is 2.08. The van der Waals surface area contributed by atoms with E-state index in [1.807, 2.05) is 25.1 Å². The lowest BCUT2D eigenvalue weighted by molar-refractivity contribution is -0.135. The first-order valence-corrected chi connectivity index (χ1v) is 7.07. The van der Waals surface area contributed by atoms with Crippen LogP contribution in [-0.2, 0) is 16.0 Å². The Morgan fingerprint density at radius 3 is 2.37 bits per heavy atom. The summed E-state index contributed by atoms with van der Waals surface area (Å²) in [5.74, 6) is -0.111. The first-order valence-electron chi connectivity index (χ1n) is 7.07. The number of aryl methyl sites for hydroxylation is 1. The summed E-state index contributed by atoms with van der Waals surface area (Å²) in [6, 6.07) is 5.61. The monoisotopic (exact) mass is 252 g/mol. The van der Waals surface area contributed by atoms with Gasteiger partial charge in [0.15, 0.2) is 11.6 Å². The summed E-state index contributed by atoms with van der Waals surface area (Å²) in [5.41, 5.74) is 2.56. The number of carbonyl (C=O) groups excluding carboxylic acids is 2. The Morgan fingerprint density at radius 2 is 1.79 bits per heavy atom. The van der Waals surface area contributed by atoms with Gasteiger partial charge in [0.1, 0.15) is 13.8 Å². The maximum absolute atomic E-state index is 12.5. The normalized spacial score (nSPS) is 29.8. The van der Waals surface area contributed by atoms with Gasteiger partial charge in [0.2, 0.25) is 0 Å². The molecule has 1 aromatic rings. The Labute approximate surface area is 115 Å². The van der Waals surface area contributed by atoms with Crippen molar-refractivity contribution in [2.45, 2.75) is 38.5 Å². The molecule has 96 valence electrons. The maximum Gasteiger partial charge on any atom is 0.150 e. The Kier molecular flexibility index (Phi) is 3.08. The van der Waals surface area contributed by atoms with Crippen LogP contribution in [0.25, 0.3) is 0 Å². The molecule has 0 saturated heterocycles. The van der Waals surface area contributed by atoms with Crippen molar-refractivity contribution in [1.82, 2.24) is 0 Å². The first-order chi connectivity index (χ1) is 9.11. The molecule has 2 nitrogen and oxygen atoms in total. The zero-order valence-corrected chi connectivity index (χ0v) is 11.2. The van der Waals surface area contributed by atoms with Crippen molar-refractivity contribution in [3.8, 4) is 0 Å². The minimum absolute atomic E-state index is 0.0961. The Bertz CT molecular complexity index is 528. The van der Waals surface area contributed by atoms with Gasteiger partial charge >= 0.3 is 0 Å². The number of benzene rings is 1. The summed E-state index contributed by atoms with van der Waals surface area (Å²) in [6.45, 7) is 2.04. The van der Waals surface area contributed by atoms with E-state index in [1.54, 1.807) is 0 Å². The van der Waals surface area contributed by atoms with Crippen molar-refractivity contribution in [3.63, 3.8) is 0 Å². The summed E-state index contributed by atoms with van der Waals surface area (Å²) >= 11 is 0. The van der Waals surface area contributed by atoms with Crippen molar-refractivity contribution >= 4 is 24.9 Å². The molecule has 2 unspecified atom stereocenters. The van der Waals surface area contributed by atoms with Gasteiger partial charge < -0.3 is 0 Å². The highest BCUT2D eigenvalue weighted by atomic mass is 16.2. The van der Waals surface area contributed by atoms with Gasteiger partial charge in [-0.25, -0.2) is 0 Å². The lowest BCUT2D eigenvalue weighted by Crippen LogP contribution is -2.35. The lowest BCUT2D eigenvalue weighted by Gasteiger charge is -2.27. The molecule has 0 N–H and O–H groups in total. The smallest absolute Gasteiger partial charge is 0.150 e. The number of hydrogen-bond donors (Lipinski definition) is 0. The molecular formula is C16H17BO2. The minimum atomic E-state index is -0.551. The third-order valence-electron chi connectivity index (χ3n) is 4.67. The van der Waals surface area contributed by atoms with Gasteiger partial charge in [-0.2, -0.15) is 0 Å². The molecule has 3 rings (SSSR count). The van der Waals surface area contributed by atoms with Crippen molar-refractivity contribution in [2.24, 2.45) is 11.8 Å².